The number of nitrogens with one attached hydrogen (secondary N) is 2. The van der Waals surface area contributed by atoms with Gasteiger partial charge in [-0.05, 0) is 6.92 Å². The second kappa shape index (κ2) is 8.62. The van der Waals surface area contributed by atoms with Crippen LogP contribution in [0.15, 0.2) is 21.0 Å². The summed E-state index contributed by atoms with van der Waals surface area (Å²) in [7, 11) is 1.73. The molecule has 2 rings (SSSR count). The first-order valence-electron chi connectivity index (χ1n) is 7.19. The van der Waals surface area contributed by atoms with E-state index in [2.05, 4.69) is 46.4 Å². The highest BCUT2D eigenvalue weighted by Gasteiger charge is 2.19. The number of aryl methyl sites for hydroxylation is 1. The number of guanidine groups is 1. The van der Waals surface area contributed by atoms with E-state index in [4.69, 9.17) is 4.42 Å². The van der Waals surface area contributed by atoms with E-state index in [-0.39, 0.29) is 29.4 Å². The average molecular weight is 449 g/mol. The smallest absolute Gasteiger partial charge is 0.213 e. The van der Waals surface area contributed by atoms with Crippen molar-refractivity contribution in [3.05, 3.63) is 33.9 Å². The fraction of sp³-hybridized carbons (Fsp3) is 0.533. The number of thiazole rings is 1. The summed E-state index contributed by atoms with van der Waals surface area (Å²) < 4.78 is 5.74. The number of nitrogens with zero attached hydrogens (tertiary/aromatic N) is 3. The highest BCUT2D eigenvalue weighted by atomic mass is 127. The van der Waals surface area contributed by atoms with Crippen LogP contribution in [0.4, 0.5) is 0 Å². The molecule has 2 aromatic heterocycles. The van der Waals surface area contributed by atoms with Gasteiger partial charge in [-0.15, -0.1) is 35.3 Å². The van der Waals surface area contributed by atoms with E-state index in [0.717, 1.165) is 16.5 Å². The van der Waals surface area contributed by atoms with Crippen molar-refractivity contribution in [1.29, 1.82) is 0 Å². The molecule has 0 bridgehead atoms. The Morgan fingerprint density at radius 2 is 2.00 bits per heavy atom. The Morgan fingerprint density at radius 3 is 2.52 bits per heavy atom. The van der Waals surface area contributed by atoms with Crippen molar-refractivity contribution < 1.29 is 4.42 Å². The van der Waals surface area contributed by atoms with Crippen molar-refractivity contribution in [1.82, 2.24) is 20.6 Å². The van der Waals surface area contributed by atoms with Crippen LogP contribution in [0.5, 0.6) is 0 Å². The van der Waals surface area contributed by atoms with E-state index in [1.165, 1.54) is 0 Å². The van der Waals surface area contributed by atoms with Crippen LogP contribution in [0.3, 0.4) is 0 Å². The molecule has 0 aliphatic carbocycles. The zero-order chi connectivity index (χ0) is 16.2. The number of rotatable bonds is 4. The normalized spacial score (nSPS) is 12.0. The summed E-state index contributed by atoms with van der Waals surface area (Å²) >= 11 is 1.64. The molecule has 0 unspecified atom stereocenters. The molecule has 0 radical (unpaired) electrons. The molecule has 23 heavy (non-hydrogen) atoms. The lowest BCUT2D eigenvalue weighted by Gasteiger charge is -2.13. The van der Waals surface area contributed by atoms with Gasteiger partial charge in [-0.2, -0.15) is 0 Å². The minimum Gasteiger partial charge on any atom is -0.443 e. The van der Waals surface area contributed by atoms with E-state index < -0.39 is 0 Å². The molecule has 0 saturated heterocycles. The third kappa shape index (κ3) is 6.09. The number of hydrogen-bond acceptors (Lipinski definition) is 5. The Hall–Kier alpha value is -1.16. The molecule has 6 nitrogen and oxygen atoms in total. The lowest BCUT2D eigenvalue weighted by molar-refractivity contribution is 0.379. The van der Waals surface area contributed by atoms with Crippen LogP contribution in [0.25, 0.3) is 0 Å². The highest BCUT2D eigenvalue weighted by Crippen LogP contribution is 2.22. The van der Waals surface area contributed by atoms with Gasteiger partial charge in [0.25, 0.3) is 0 Å². The van der Waals surface area contributed by atoms with Crippen LogP contribution in [0, 0.1) is 6.92 Å². The van der Waals surface area contributed by atoms with Crippen LogP contribution in [0.2, 0.25) is 0 Å². The minimum absolute atomic E-state index is 0. The highest BCUT2D eigenvalue weighted by molar-refractivity contribution is 14.0. The van der Waals surface area contributed by atoms with Gasteiger partial charge in [-0.3, -0.25) is 4.99 Å². The van der Waals surface area contributed by atoms with Gasteiger partial charge in [-0.25, -0.2) is 9.97 Å². The van der Waals surface area contributed by atoms with Crippen LogP contribution in [0.1, 0.15) is 43.1 Å². The average Bonchev–Trinajstić information content (AvgIpc) is 3.07. The maximum absolute atomic E-state index is 5.74. The number of hydrogen-bond donors (Lipinski definition) is 2. The Kier molecular flexibility index (Phi) is 7.46. The summed E-state index contributed by atoms with van der Waals surface area (Å²) in [6.45, 7) is 9.43. The first-order chi connectivity index (χ1) is 10.4. The van der Waals surface area contributed by atoms with Gasteiger partial charge in [0.15, 0.2) is 5.96 Å². The second-order valence-electron chi connectivity index (χ2n) is 6.03. The van der Waals surface area contributed by atoms with E-state index >= 15 is 0 Å². The Morgan fingerprint density at radius 1 is 1.30 bits per heavy atom. The molecule has 0 amide bonds. The molecule has 0 aromatic carbocycles. The van der Waals surface area contributed by atoms with E-state index in [0.29, 0.717) is 24.9 Å². The molecule has 0 aliphatic heterocycles. The summed E-state index contributed by atoms with van der Waals surface area (Å²) in [5.41, 5.74) is 1.01. The molecule has 2 heterocycles. The molecule has 0 saturated carbocycles. The maximum Gasteiger partial charge on any atom is 0.213 e. The third-order valence-electron chi connectivity index (χ3n) is 3.00. The molecule has 0 atom stereocenters. The van der Waals surface area contributed by atoms with Crippen molar-refractivity contribution in [2.24, 2.45) is 4.99 Å². The van der Waals surface area contributed by atoms with Gasteiger partial charge < -0.3 is 15.1 Å². The molecule has 2 aromatic rings. The number of oxazole rings is 1. The van der Waals surface area contributed by atoms with Gasteiger partial charge in [0, 0.05) is 23.5 Å². The summed E-state index contributed by atoms with van der Waals surface area (Å²) in [6.07, 6.45) is 1.78. The first kappa shape index (κ1) is 19.9. The van der Waals surface area contributed by atoms with Gasteiger partial charge in [0.1, 0.15) is 10.8 Å². The van der Waals surface area contributed by atoms with Crippen molar-refractivity contribution in [2.45, 2.75) is 46.2 Å². The fourth-order valence-corrected chi connectivity index (χ4v) is 2.47. The van der Waals surface area contributed by atoms with Crippen LogP contribution < -0.4 is 10.6 Å². The van der Waals surface area contributed by atoms with E-state index in [9.17, 15) is 0 Å². The zero-order valence-electron chi connectivity index (χ0n) is 14.1. The van der Waals surface area contributed by atoms with Gasteiger partial charge in [0.2, 0.25) is 5.89 Å². The summed E-state index contributed by atoms with van der Waals surface area (Å²) in [5, 5.41) is 9.48. The topological polar surface area (TPSA) is 75.3 Å². The number of aromatic nitrogens is 2. The molecule has 0 fully saturated rings. The van der Waals surface area contributed by atoms with Crippen LogP contribution in [-0.4, -0.2) is 23.0 Å². The Labute approximate surface area is 158 Å². The molecule has 0 spiro atoms. The number of aliphatic imine (C=N–C) groups is 1. The quantitative estimate of drug-likeness (QED) is 0.426. The Balaban J connectivity index is 0.00000264. The number of halogens is 1. The summed E-state index contributed by atoms with van der Waals surface area (Å²) in [4.78, 5) is 12.9. The molecular weight excluding hydrogens is 425 g/mol. The van der Waals surface area contributed by atoms with Crippen molar-refractivity contribution >= 4 is 41.3 Å². The maximum atomic E-state index is 5.74. The molecule has 128 valence electrons. The van der Waals surface area contributed by atoms with Crippen LogP contribution >= 0.6 is 35.3 Å². The summed E-state index contributed by atoms with van der Waals surface area (Å²) in [6, 6.07) is 0. The predicted molar refractivity (Wildman–Crippen MR) is 105 cm³/mol. The minimum atomic E-state index is -0.0339. The first-order valence-corrected chi connectivity index (χ1v) is 8.07. The molecule has 8 heteroatoms. The molecule has 2 N–H and O–H groups in total. The second-order valence-corrected chi connectivity index (χ2v) is 6.97. The summed E-state index contributed by atoms with van der Waals surface area (Å²) in [5.74, 6) is 2.23. The van der Waals surface area contributed by atoms with E-state index in [1.807, 2.05) is 12.3 Å². The monoisotopic (exact) mass is 449 g/mol. The van der Waals surface area contributed by atoms with Gasteiger partial charge >= 0.3 is 0 Å². The largest absolute Gasteiger partial charge is 0.443 e. The van der Waals surface area contributed by atoms with E-state index in [1.54, 1.807) is 24.6 Å². The van der Waals surface area contributed by atoms with Crippen molar-refractivity contribution in [3.8, 4) is 0 Å². The zero-order valence-corrected chi connectivity index (χ0v) is 17.3. The van der Waals surface area contributed by atoms with Gasteiger partial charge in [-0.1, -0.05) is 20.8 Å². The predicted octanol–water partition coefficient (Wildman–Crippen LogP) is 3.22. The van der Waals surface area contributed by atoms with Crippen molar-refractivity contribution in [3.63, 3.8) is 0 Å². The van der Waals surface area contributed by atoms with Crippen LogP contribution in [-0.2, 0) is 18.5 Å². The Bertz CT molecular complexity index is 644. The van der Waals surface area contributed by atoms with Gasteiger partial charge in [0.05, 0.1) is 19.3 Å². The lowest BCUT2D eigenvalue weighted by Crippen LogP contribution is -2.36. The molecular formula is C15H24IN5OS. The fourth-order valence-electron chi connectivity index (χ4n) is 1.76. The van der Waals surface area contributed by atoms with Crippen molar-refractivity contribution in [2.75, 3.05) is 7.05 Å². The standard InChI is InChI=1S/C15H23N5OS.HI/c1-10-9-22-13(20-10)8-19-14(16-5)18-7-12-17-6-11(21-12)15(2,3)4;/h6,9H,7-8H2,1-5H3,(H2,16,18,19);1H. The SMILES string of the molecule is CN=C(NCc1ncc(C(C)(C)C)o1)NCc1nc(C)cs1.I. The lowest BCUT2D eigenvalue weighted by atomic mass is 9.94. The third-order valence-corrected chi connectivity index (χ3v) is 3.96. The molecule has 0 aliphatic rings.